The Morgan fingerprint density at radius 1 is 1.00 bits per heavy atom. The molecule has 0 fully saturated rings. The van der Waals surface area contributed by atoms with Crippen LogP contribution >= 0.6 is 30.1 Å². The van der Waals surface area contributed by atoms with Crippen LogP contribution in [-0.4, -0.2) is 5.48 Å². The molecule has 0 spiro atoms. The van der Waals surface area contributed by atoms with Crippen molar-refractivity contribution >= 4 is 30.1 Å². The number of hydrogen-bond acceptors (Lipinski definition) is 0. The van der Waals surface area contributed by atoms with E-state index in [2.05, 4.69) is 0 Å². The van der Waals surface area contributed by atoms with Gasteiger partial charge in [-0.05, 0) is 0 Å². The zero-order chi connectivity index (χ0) is 3.58. The summed E-state index contributed by atoms with van der Waals surface area (Å²) in [5.74, 6) is 0. The molecule has 0 aliphatic carbocycles. The van der Waals surface area contributed by atoms with Crippen molar-refractivity contribution < 1.29 is 16.9 Å². The molecular formula is H2Cl3CrO. The first-order valence-corrected chi connectivity index (χ1v) is 5.73. The van der Waals surface area contributed by atoms with Gasteiger partial charge in [-0.1, -0.05) is 0 Å². The zero-order valence-electron chi connectivity index (χ0n) is 2.04. The topological polar surface area (TPSA) is 31.5 Å². The number of halogens is 3. The molecule has 0 aliphatic heterocycles. The molecule has 0 saturated heterocycles. The molecule has 5 heavy (non-hydrogen) atoms. The first-order valence-electron chi connectivity index (χ1n) is 0.463. The fourth-order valence-electron chi connectivity index (χ4n) is 0. The normalized spacial score (nSPS) is 7.20. The third-order valence-corrected chi connectivity index (χ3v) is 0. The zero-order valence-corrected chi connectivity index (χ0v) is 5.58. The van der Waals surface area contributed by atoms with Gasteiger partial charge in [-0.2, -0.15) is 0 Å². The van der Waals surface area contributed by atoms with Gasteiger partial charge in [0.05, 0.1) is 0 Å². The van der Waals surface area contributed by atoms with Gasteiger partial charge in [-0.25, -0.2) is 0 Å². The van der Waals surface area contributed by atoms with Gasteiger partial charge in [0.25, 0.3) is 0 Å². The Hall–Kier alpha value is 1.36. The summed E-state index contributed by atoms with van der Waals surface area (Å²) in [6, 6.07) is 0. The first kappa shape index (κ1) is 9.61. The van der Waals surface area contributed by atoms with Gasteiger partial charge >= 0.3 is 41.5 Å². The molecule has 1 nitrogen and oxygen atoms in total. The van der Waals surface area contributed by atoms with Crippen molar-refractivity contribution in [2.75, 3.05) is 0 Å². The average molecular weight is 176 g/mol. The summed E-state index contributed by atoms with van der Waals surface area (Å²) in [6.45, 7) is 0. The van der Waals surface area contributed by atoms with Crippen LogP contribution in [-0.2, 0) is 11.4 Å². The molecule has 0 heterocycles. The van der Waals surface area contributed by atoms with E-state index >= 15 is 0 Å². The second-order valence-corrected chi connectivity index (χ2v) is 6.49. The summed E-state index contributed by atoms with van der Waals surface area (Å²) in [5, 5.41) is 0. The third kappa shape index (κ3) is 32.7. The fraction of sp³-hybridized carbons (Fsp3) is 0. The van der Waals surface area contributed by atoms with Crippen LogP contribution in [0, 0.1) is 0 Å². The van der Waals surface area contributed by atoms with Crippen LogP contribution in [0.3, 0.4) is 0 Å². The van der Waals surface area contributed by atoms with E-state index < -0.39 is 11.4 Å². The van der Waals surface area contributed by atoms with Gasteiger partial charge in [-0.15, -0.1) is 0 Å². The van der Waals surface area contributed by atoms with E-state index in [-0.39, 0.29) is 5.48 Å². The number of rotatable bonds is 0. The van der Waals surface area contributed by atoms with Gasteiger partial charge in [0, 0.05) is 0 Å². The molecule has 0 amide bonds. The summed E-state index contributed by atoms with van der Waals surface area (Å²) in [7, 11) is 14.8. The fourth-order valence-corrected chi connectivity index (χ4v) is 0. The van der Waals surface area contributed by atoms with E-state index in [1.807, 2.05) is 0 Å². The van der Waals surface area contributed by atoms with Crippen LogP contribution in [0.15, 0.2) is 0 Å². The van der Waals surface area contributed by atoms with E-state index in [0.29, 0.717) is 0 Å². The molecule has 0 rings (SSSR count). The van der Waals surface area contributed by atoms with Crippen molar-refractivity contribution in [2.45, 2.75) is 0 Å². The molecule has 0 aromatic rings. The van der Waals surface area contributed by atoms with E-state index in [1.165, 1.54) is 0 Å². The molecule has 0 aliphatic rings. The number of hydrogen-bond donors (Lipinski definition) is 0. The molecule has 0 aromatic carbocycles. The van der Waals surface area contributed by atoms with E-state index in [9.17, 15) is 0 Å². The van der Waals surface area contributed by atoms with Crippen LogP contribution in [0.25, 0.3) is 0 Å². The van der Waals surface area contributed by atoms with Crippen LogP contribution in [0.1, 0.15) is 0 Å². The summed E-state index contributed by atoms with van der Waals surface area (Å²) in [5.41, 5.74) is 0. The molecule has 5 heteroatoms. The van der Waals surface area contributed by atoms with E-state index in [0.717, 1.165) is 0 Å². The van der Waals surface area contributed by atoms with Gasteiger partial charge in [0.15, 0.2) is 0 Å². The standard InChI is InChI=1S/3ClH.Cr.H2O/h3*1H;;1H2/q;;;+3;/p-3. The second-order valence-electron chi connectivity index (χ2n) is 0.175. The SMILES string of the molecule is O.[Cl][Cr]([Cl])[Cl]. The van der Waals surface area contributed by atoms with Crippen LogP contribution in [0.5, 0.6) is 0 Å². The van der Waals surface area contributed by atoms with E-state index in [1.54, 1.807) is 0 Å². The second kappa shape index (κ2) is 5.36. The molecule has 0 aromatic heterocycles. The Morgan fingerprint density at radius 2 is 1.00 bits per heavy atom. The molecular weight excluding hydrogens is 174 g/mol. The third-order valence-electron chi connectivity index (χ3n) is 0. The Kier molecular flexibility index (Phi) is 10.3. The Balaban J connectivity index is 0. The van der Waals surface area contributed by atoms with Crippen LogP contribution < -0.4 is 0 Å². The molecule has 0 atom stereocenters. The van der Waals surface area contributed by atoms with Crippen molar-refractivity contribution in [2.24, 2.45) is 0 Å². The minimum atomic E-state index is -1.62. The van der Waals surface area contributed by atoms with Crippen molar-refractivity contribution in [3.63, 3.8) is 0 Å². The first-order chi connectivity index (χ1) is 1.73. The van der Waals surface area contributed by atoms with Crippen molar-refractivity contribution in [3.8, 4) is 0 Å². The van der Waals surface area contributed by atoms with Crippen LogP contribution in [0.2, 0.25) is 0 Å². The minimum absolute atomic E-state index is 0. The Labute approximate surface area is 47.1 Å². The molecule has 35 valence electrons. The van der Waals surface area contributed by atoms with Gasteiger partial charge < -0.3 is 5.48 Å². The van der Waals surface area contributed by atoms with Gasteiger partial charge in [-0.3, -0.25) is 0 Å². The van der Waals surface area contributed by atoms with Crippen molar-refractivity contribution in [3.05, 3.63) is 0 Å². The summed E-state index contributed by atoms with van der Waals surface area (Å²) in [4.78, 5) is 0. The van der Waals surface area contributed by atoms with Gasteiger partial charge in [0.2, 0.25) is 0 Å². The molecule has 0 saturated carbocycles. The summed E-state index contributed by atoms with van der Waals surface area (Å²) in [6.07, 6.45) is 0. The van der Waals surface area contributed by atoms with Crippen LogP contribution in [0.4, 0.5) is 0 Å². The molecule has 0 bridgehead atoms. The quantitative estimate of drug-likeness (QED) is 0.532. The van der Waals surface area contributed by atoms with Crippen molar-refractivity contribution in [1.29, 1.82) is 0 Å². The van der Waals surface area contributed by atoms with Crippen molar-refractivity contribution in [1.82, 2.24) is 0 Å². The monoisotopic (exact) mass is 175 g/mol. The molecule has 0 radical (unpaired) electrons. The molecule has 0 unspecified atom stereocenters. The summed E-state index contributed by atoms with van der Waals surface area (Å²) < 4.78 is 0. The predicted molar refractivity (Wildman–Crippen MR) is 21.2 cm³/mol. The maximum atomic E-state index is 4.93. The Bertz CT molecular complexity index is 11.6. The Morgan fingerprint density at radius 3 is 1.00 bits per heavy atom. The average Bonchev–Trinajstić information content (AvgIpc) is 0.811. The predicted octanol–water partition coefficient (Wildman–Crippen LogP) is 1.24. The summed E-state index contributed by atoms with van der Waals surface area (Å²) >= 11 is -1.62. The van der Waals surface area contributed by atoms with E-state index in [4.69, 9.17) is 30.1 Å². The van der Waals surface area contributed by atoms with Gasteiger partial charge in [0.1, 0.15) is 0 Å². The maximum absolute atomic E-state index is 4.93. The molecule has 2 N–H and O–H groups in total.